The maximum atomic E-state index is 12.0. The summed E-state index contributed by atoms with van der Waals surface area (Å²) in [5.41, 5.74) is 5.23. The molecule has 0 aromatic carbocycles. The number of carbonyl (C=O) groups is 2. The second-order valence-corrected chi connectivity index (χ2v) is 5.36. The van der Waals surface area contributed by atoms with Crippen molar-refractivity contribution in [3.05, 3.63) is 0 Å². The van der Waals surface area contributed by atoms with Crippen LogP contribution in [-0.2, 0) is 14.3 Å². The minimum atomic E-state index is -0.824. The summed E-state index contributed by atoms with van der Waals surface area (Å²) in [5, 5.41) is 2.78. The van der Waals surface area contributed by atoms with Crippen molar-refractivity contribution in [3.63, 3.8) is 0 Å². The maximum absolute atomic E-state index is 12.0. The van der Waals surface area contributed by atoms with Gasteiger partial charge in [0.2, 0.25) is 11.8 Å². The third-order valence-corrected chi connectivity index (χ3v) is 3.92. The van der Waals surface area contributed by atoms with Crippen molar-refractivity contribution in [2.24, 2.45) is 5.73 Å². The van der Waals surface area contributed by atoms with Gasteiger partial charge in [-0.05, 0) is 25.7 Å². The van der Waals surface area contributed by atoms with Gasteiger partial charge in [-0.3, -0.25) is 9.59 Å². The molecule has 2 fully saturated rings. The van der Waals surface area contributed by atoms with Crippen molar-refractivity contribution in [1.82, 2.24) is 10.2 Å². The number of hydrogen-bond donors (Lipinski definition) is 2. The molecule has 2 rings (SSSR count). The topological polar surface area (TPSA) is 84.7 Å². The number of nitrogens with zero attached hydrogens (tertiary/aromatic N) is 1. The smallest absolute Gasteiger partial charge is 0.240 e. The first-order valence-electron chi connectivity index (χ1n) is 7.04. The van der Waals surface area contributed by atoms with E-state index in [4.69, 9.17) is 10.5 Å². The molecular weight excluding hydrogens is 246 g/mol. The van der Waals surface area contributed by atoms with Crippen LogP contribution in [0.15, 0.2) is 0 Å². The van der Waals surface area contributed by atoms with Gasteiger partial charge in [0.15, 0.2) is 0 Å². The highest BCUT2D eigenvalue weighted by Crippen LogP contribution is 2.17. The average Bonchev–Trinajstić information content (AvgIpc) is 2.93. The highest BCUT2D eigenvalue weighted by molar-refractivity contribution is 5.86. The summed E-state index contributed by atoms with van der Waals surface area (Å²) in [5.74, 6) is -0.0409. The molecule has 2 heterocycles. The first-order valence-corrected chi connectivity index (χ1v) is 7.04. The molecule has 0 atom stereocenters. The van der Waals surface area contributed by atoms with E-state index in [2.05, 4.69) is 5.32 Å². The van der Waals surface area contributed by atoms with Gasteiger partial charge in [-0.2, -0.15) is 0 Å². The fraction of sp³-hybridized carbons (Fsp3) is 0.846. The first kappa shape index (κ1) is 14.3. The van der Waals surface area contributed by atoms with Crippen LogP contribution in [0.25, 0.3) is 0 Å². The second-order valence-electron chi connectivity index (χ2n) is 5.36. The lowest BCUT2D eigenvalue weighted by atomic mass is 9.90. The fourth-order valence-corrected chi connectivity index (χ4v) is 2.55. The highest BCUT2D eigenvalue weighted by atomic mass is 16.5. The minimum absolute atomic E-state index is 0.121. The molecule has 6 nitrogen and oxygen atoms in total. The monoisotopic (exact) mass is 269 g/mol. The van der Waals surface area contributed by atoms with Gasteiger partial charge in [0, 0.05) is 39.3 Å². The third-order valence-electron chi connectivity index (χ3n) is 3.92. The Morgan fingerprint density at radius 3 is 2.47 bits per heavy atom. The van der Waals surface area contributed by atoms with E-state index in [-0.39, 0.29) is 11.8 Å². The van der Waals surface area contributed by atoms with Gasteiger partial charge in [-0.25, -0.2) is 0 Å². The van der Waals surface area contributed by atoms with Crippen LogP contribution in [0.4, 0.5) is 0 Å². The van der Waals surface area contributed by atoms with E-state index in [1.807, 2.05) is 4.90 Å². The molecule has 2 saturated heterocycles. The maximum Gasteiger partial charge on any atom is 0.240 e. The molecule has 2 aliphatic rings. The van der Waals surface area contributed by atoms with Gasteiger partial charge in [0.05, 0.1) is 5.54 Å². The van der Waals surface area contributed by atoms with E-state index < -0.39 is 5.54 Å². The molecular formula is C13H23N3O3. The lowest BCUT2D eigenvalue weighted by Gasteiger charge is -2.31. The predicted octanol–water partition coefficient (Wildman–Crippen LogP) is -0.377. The lowest BCUT2D eigenvalue weighted by molar-refractivity contribution is -0.131. The van der Waals surface area contributed by atoms with Crippen molar-refractivity contribution >= 4 is 11.8 Å². The van der Waals surface area contributed by atoms with Crippen LogP contribution in [0.3, 0.4) is 0 Å². The number of ether oxygens (including phenoxy) is 1. The molecule has 0 aliphatic carbocycles. The van der Waals surface area contributed by atoms with E-state index in [1.54, 1.807) is 0 Å². The van der Waals surface area contributed by atoms with Crippen LogP contribution in [0.5, 0.6) is 0 Å². The minimum Gasteiger partial charge on any atom is -0.381 e. The van der Waals surface area contributed by atoms with Gasteiger partial charge < -0.3 is 20.7 Å². The number of nitrogens with two attached hydrogens (primary N) is 1. The van der Waals surface area contributed by atoms with E-state index in [9.17, 15) is 9.59 Å². The summed E-state index contributed by atoms with van der Waals surface area (Å²) in [4.78, 5) is 25.7. The zero-order valence-corrected chi connectivity index (χ0v) is 11.3. The molecule has 3 N–H and O–H groups in total. The highest BCUT2D eigenvalue weighted by Gasteiger charge is 2.35. The molecule has 0 aromatic rings. The van der Waals surface area contributed by atoms with Gasteiger partial charge in [0.1, 0.15) is 0 Å². The Hall–Kier alpha value is -1.14. The lowest BCUT2D eigenvalue weighted by Crippen LogP contribution is -2.57. The molecule has 19 heavy (non-hydrogen) atoms. The van der Waals surface area contributed by atoms with Crippen molar-refractivity contribution < 1.29 is 14.3 Å². The van der Waals surface area contributed by atoms with Crippen molar-refractivity contribution in [2.75, 3.05) is 32.8 Å². The van der Waals surface area contributed by atoms with E-state index >= 15 is 0 Å². The molecule has 0 unspecified atom stereocenters. The summed E-state index contributed by atoms with van der Waals surface area (Å²) in [7, 11) is 0. The zero-order valence-electron chi connectivity index (χ0n) is 11.3. The fourth-order valence-electron chi connectivity index (χ4n) is 2.55. The Labute approximate surface area is 113 Å². The van der Waals surface area contributed by atoms with E-state index in [1.165, 1.54) is 0 Å². The van der Waals surface area contributed by atoms with Gasteiger partial charge in [-0.1, -0.05) is 0 Å². The van der Waals surface area contributed by atoms with Crippen LogP contribution >= 0.6 is 0 Å². The predicted molar refractivity (Wildman–Crippen MR) is 70.4 cm³/mol. The largest absolute Gasteiger partial charge is 0.381 e. The number of amides is 2. The van der Waals surface area contributed by atoms with Crippen LogP contribution in [-0.4, -0.2) is 55.1 Å². The third kappa shape index (κ3) is 3.67. The Morgan fingerprint density at radius 2 is 1.84 bits per heavy atom. The molecule has 0 radical (unpaired) electrons. The molecule has 0 saturated carbocycles. The number of likely N-dealkylation sites (tertiary alicyclic amines) is 1. The van der Waals surface area contributed by atoms with Crippen molar-refractivity contribution in [2.45, 2.75) is 37.6 Å². The van der Waals surface area contributed by atoms with Crippen LogP contribution in [0.2, 0.25) is 0 Å². The van der Waals surface area contributed by atoms with E-state index in [0.29, 0.717) is 39.0 Å². The Balaban J connectivity index is 1.69. The molecule has 0 aromatic heterocycles. The quantitative estimate of drug-likeness (QED) is 0.729. The normalized spacial score (nSPS) is 22.3. The van der Waals surface area contributed by atoms with E-state index in [0.717, 1.165) is 25.9 Å². The van der Waals surface area contributed by atoms with Crippen LogP contribution < -0.4 is 11.1 Å². The summed E-state index contributed by atoms with van der Waals surface area (Å²) >= 11 is 0. The Kier molecular flexibility index (Phi) is 4.76. The molecule has 6 heteroatoms. The summed E-state index contributed by atoms with van der Waals surface area (Å²) in [6, 6.07) is 0. The van der Waals surface area contributed by atoms with Gasteiger partial charge in [0.25, 0.3) is 0 Å². The molecule has 0 bridgehead atoms. The summed E-state index contributed by atoms with van der Waals surface area (Å²) in [6.45, 7) is 3.12. The molecule has 108 valence electrons. The number of hydrogen-bond acceptors (Lipinski definition) is 4. The van der Waals surface area contributed by atoms with Crippen molar-refractivity contribution in [3.8, 4) is 0 Å². The first-order chi connectivity index (χ1) is 9.12. The molecule has 0 spiro atoms. The number of rotatable bonds is 4. The Bertz CT molecular complexity index is 334. The summed E-state index contributed by atoms with van der Waals surface area (Å²) < 4.78 is 5.20. The SMILES string of the molecule is NC1(C(=O)NCCC(=O)N2CCCC2)CCOCC1. The van der Waals surface area contributed by atoms with Gasteiger partial charge >= 0.3 is 0 Å². The second kappa shape index (κ2) is 6.34. The number of carbonyl (C=O) groups excluding carboxylic acids is 2. The molecule has 2 amide bonds. The molecule has 2 aliphatic heterocycles. The number of nitrogens with one attached hydrogen (secondary N) is 1. The van der Waals surface area contributed by atoms with Crippen molar-refractivity contribution in [1.29, 1.82) is 0 Å². The van der Waals surface area contributed by atoms with Gasteiger partial charge in [-0.15, -0.1) is 0 Å². The van der Waals surface area contributed by atoms with Crippen LogP contribution in [0.1, 0.15) is 32.1 Å². The average molecular weight is 269 g/mol. The standard InChI is InChI=1S/C13H23N3O3/c14-13(4-9-19-10-5-13)12(18)15-6-3-11(17)16-7-1-2-8-16/h1-10,14H2,(H,15,18). The summed E-state index contributed by atoms with van der Waals surface area (Å²) in [6.07, 6.45) is 3.62. The zero-order chi connectivity index (χ0) is 13.7. The Morgan fingerprint density at radius 1 is 1.21 bits per heavy atom. The van der Waals surface area contributed by atoms with Crippen LogP contribution in [0, 0.1) is 0 Å².